The lowest BCUT2D eigenvalue weighted by Crippen LogP contribution is -2.26. The van der Waals surface area contributed by atoms with Crippen molar-refractivity contribution in [3.63, 3.8) is 0 Å². The molecule has 2 nitrogen and oxygen atoms in total. The molecule has 112 valence electrons. The van der Waals surface area contributed by atoms with Gasteiger partial charge in [-0.25, -0.2) is 0 Å². The third-order valence-corrected chi connectivity index (χ3v) is 4.59. The van der Waals surface area contributed by atoms with Gasteiger partial charge in [-0.1, -0.05) is 31.4 Å². The highest BCUT2D eigenvalue weighted by Crippen LogP contribution is 2.41. The van der Waals surface area contributed by atoms with Crippen LogP contribution in [-0.2, 0) is 0 Å². The summed E-state index contributed by atoms with van der Waals surface area (Å²) in [6.07, 6.45) is 6.54. The molecule has 1 fully saturated rings. The van der Waals surface area contributed by atoms with E-state index in [0.717, 1.165) is 29.8 Å². The number of nitrogens with one attached hydrogen (secondary N) is 1. The van der Waals surface area contributed by atoms with E-state index in [2.05, 4.69) is 18.3 Å². The van der Waals surface area contributed by atoms with E-state index in [1.54, 1.807) is 7.11 Å². The number of ether oxygens (including phenoxy) is 1. The van der Waals surface area contributed by atoms with Gasteiger partial charge >= 0.3 is 0 Å². The Balaban J connectivity index is 2.21. The molecule has 0 bridgehead atoms. The van der Waals surface area contributed by atoms with Crippen LogP contribution in [0.3, 0.4) is 0 Å². The summed E-state index contributed by atoms with van der Waals surface area (Å²) >= 11 is 6.21. The second-order valence-electron chi connectivity index (χ2n) is 5.74. The van der Waals surface area contributed by atoms with Gasteiger partial charge < -0.3 is 10.1 Å². The van der Waals surface area contributed by atoms with Crippen molar-refractivity contribution in [1.29, 1.82) is 0 Å². The molecule has 1 atom stereocenters. The number of hydrogen-bond acceptors (Lipinski definition) is 2. The lowest BCUT2D eigenvalue weighted by molar-refractivity contribution is 0.373. The van der Waals surface area contributed by atoms with Crippen LogP contribution in [0.1, 0.15) is 50.5 Å². The van der Waals surface area contributed by atoms with Crippen molar-refractivity contribution in [2.24, 2.45) is 5.92 Å². The largest absolute Gasteiger partial charge is 0.496 e. The summed E-state index contributed by atoms with van der Waals surface area (Å²) in [5.74, 6) is 2.24. The van der Waals surface area contributed by atoms with Crippen LogP contribution in [0.5, 0.6) is 5.75 Å². The van der Waals surface area contributed by atoms with Gasteiger partial charge in [0.1, 0.15) is 5.75 Å². The van der Waals surface area contributed by atoms with Gasteiger partial charge in [0, 0.05) is 23.0 Å². The second-order valence-corrected chi connectivity index (χ2v) is 6.18. The highest BCUT2D eigenvalue weighted by Gasteiger charge is 2.28. The molecule has 1 saturated carbocycles. The van der Waals surface area contributed by atoms with Gasteiger partial charge in [0.2, 0.25) is 0 Å². The quantitative estimate of drug-likeness (QED) is 0.741. The molecular weight excluding hydrogens is 270 g/mol. The van der Waals surface area contributed by atoms with Crippen LogP contribution in [0, 0.1) is 5.92 Å². The van der Waals surface area contributed by atoms with Gasteiger partial charge in [-0.15, -0.1) is 0 Å². The number of rotatable bonds is 7. The zero-order chi connectivity index (χ0) is 14.4. The summed E-state index contributed by atoms with van der Waals surface area (Å²) in [5, 5.41) is 4.39. The van der Waals surface area contributed by atoms with Gasteiger partial charge in [0.05, 0.1) is 7.11 Å². The maximum Gasteiger partial charge on any atom is 0.122 e. The Morgan fingerprint density at radius 2 is 2.10 bits per heavy atom. The lowest BCUT2D eigenvalue weighted by atomic mass is 9.84. The molecule has 0 heterocycles. The molecule has 0 aliphatic heterocycles. The van der Waals surface area contributed by atoms with Crippen molar-refractivity contribution in [1.82, 2.24) is 5.32 Å². The number of methoxy groups -OCH3 is 1. The molecule has 1 unspecified atom stereocenters. The van der Waals surface area contributed by atoms with E-state index in [0.29, 0.717) is 5.92 Å². The monoisotopic (exact) mass is 295 g/mol. The Bertz CT molecular complexity index is 415. The van der Waals surface area contributed by atoms with Crippen molar-refractivity contribution in [2.45, 2.75) is 44.9 Å². The van der Waals surface area contributed by atoms with Crippen LogP contribution in [0.15, 0.2) is 18.2 Å². The second kappa shape index (κ2) is 7.90. The minimum atomic E-state index is 0.512. The summed E-state index contributed by atoms with van der Waals surface area (Å²) in [6, 6.07) is 6.01. The fourth-order valence-electron chi connectivity index (χ4n) is 3.32. The van der Waals surface area contributed by atoms with Crippen LogP contribution < -0.4 is 10.1 Å². The average Bonchev–Trinajstić information content (AvgIpc) is 2.97. The minimum Gasteiger partial charge on any atom is -0.496 e. The smallest absolute Gasteiger partial charge is 0.122 e. The normalized spacial score (nSPS) is 17.4. The summed E-state index contributed by atoms with van der Waals surface area (Å²) in [6.45, 7) is 4.30. The summed E-state index contributed by atoms with van der Waals surface area (Å²) < 4.78 is 5.56. The molecule has 0 spiro atoms. The Morgan fingerprint density at radius 1 is 1.35 bits per heavy atom. The fourth-order valence-corrected chi connectivity index (χ4v) is 3.50. The lowest BCUT2D eigenvalue weighted by Gasteiger charge is -2.26. The van der Waals surface area contributed by atoms with Crippen molar-refractivity contribution < 1.29 is 4.74 Å². The number of hydrogen-bond donors (Lipinski definition) is 1. The van der Waals surface area contributed by atoms with Crippen LogP contribution in [-0.4, -0.2) is 20.2 Å². The first kappa shape index (κ1) is 15.7. The van der Waals surface area contributed by atoms with E-state index < -0.39 is 0 Å². The van der Waals surface area contributed by atoms with Crippen molar-refractivity contribution >= 4 is 11.6 Å². The highest BCUT2D eigenvalue weighted by molar-refractivity contribution is 6.30. The van der Waals surface area contributed by atoms with Crippen LogP contribution in [0.25, 0.3) is 0 Å². The molecule has 1 aromatic rings. The standard InChI is InChI=1S/C17H26ClNO/c1-3-10-19-12-16(13-6-4-5-7-13)15-11-14(18)8-9-17(15)20-2/h8-9,11,13,16,19H,3-7,10,12H2,1-2H3. The van der Waals surface area contributed by atoms with Gasteiger partial charge in [-0.3, -0.25) is 0 Å². The van der Waals surface area contributed by atoms with Crippen molar-refractivity contribution in [3.8, 4) is 5.75 Å². The highest BCUT2D eigenvalue weighted by atomic mass is 35.5. The molecule has 0 radical (unpaired) electrons. The zero-order valence-corrected chi connectivity index (χ0v) is 13.4. The Morgan fingerprint density at radius 3 is 2.75 bits per heavy atom. The van der Waals surface area contributed by atoms with E-state index in [1.807, 2.05) is 12.1 Å². The first-order chi connectivity index (χ1) is 9.76. The van der Waals surface area contributed by atoms with Gasteiger partial charge in [-0.05, 0) is 49.9 Å². The molecule has 1 aromatic carbocycles. The molecule has 2 rings (SSSR count). The van der Waals surface area contributed by atoms with Crippen LogP contribution in [0.4, 0.5) is 0 Å². The molecule has 3 heteroatoms. The molecule has 0 saturated heterocycles. The van der Waals surface area contributed by atoms with E-state index >= 15 is 0 Å². The first-order valence-electron chi connectivity index (χ1n) is 7.80. The number of benzene rings is 1. The molecule has 1 aliphatic carbocycles. The Kier molecular flexibility index (Phi) is 6.18. The molecule has 0 aromatic heterocycles. The van der Waals surface area contributed by atoms with Gasteiger partial charge in [-0.2, -0.15) is 0 Å². The zero-order valence-electron chi connectivity index (χ0n) is 12.6. The maximum atomic E-state index is 6.21. The van der Waals surface area contributed by atoms with E-state index in [1.165, 1.54) is 37.7 Å². The van der Waals surface area contributed by atoms with Gasteiger partial charge in [0.25, 0.3) is 0 Å². The van der Waals surface area contributed by atoms with Crippen molar-refractivity contribution in [2.75, 3.05) is 20.2 Å². The Hall–Kier alpha value is -0.730. The SMILES string of the molecule is CCCNCC(c1cc(Cl)ccc1OC)C1CCCC1. The third kappa shape index (κ3) is 3.89. The molecule has 20 heavy (non-hydrogen) atoms. The summed E-state index contributed by atoms with van der Waals surface area (Å²) in [7, 11) is 1.75. The third-order valence-electron chi connectivity index (χ3n) is 4.35. The fraction of sp³-hybridized carbons (Fsp3) is 0.647. The molecule has 1 N–H and O–H groups in total. The van der Waals surface area contributed by atoms with E-state index in [9.17, 15) is 0 Å². The van der Waals surface area contributed by atoms with E-state index in [-0.39, 0.29) is 0 Å². The molecule has 1 aliphatic rings. The Labute approximate surface area is 127 Å². The molecule has 0 amide bonds. The predicted molar refractivity (Wildman–Crippen MR) is 85.9 cm³/mol. The first-order valence-corrected chi connectivity index (χ1v) is 8.18. The van der Waals surface area contributed by atoms with E-state index in [4.69, 9.17) is 16.3 Å². The predicted octanol–water partition coefficient (Wildman–Crippen LogP) is 4.62. The summed E-state index contributed by atoms with van der Waals surface area (Å²) in [4.78, 5) is 0. The summed E-state index contributed by atoms with van der Waals surface area (Å²) in [5.41, 5.74) is 1.27. The minimum absolute atomic E-state index is 0.512. The van der Waals surface area contributed by atoms with Crippen molar-refractivity contribution in [3.05, 3.63) is 28.8 Å². The average molecular weight is 296 g/mol. The topological polar surface area (TPSA) is 21.3 Å². The molecular formula is C17H26ClNO. The van der Waals surface area contributed by atoms with Crippen LogP contribution >= 0.6 is 11.6 Å². The number of halogens is 1. The van der Waals surface area contributed by atoms with Gasteiger partial charge in [0.15, 0.2) is 0 Å². The van der Waals surface area contributed by atoms with Crippen LogP contribution in [0.2, 0.25) is 5.02 Å². The maximum absolute atomic E-state index is 6.21.